The summed E-state index contributed by atoms with van der Waals surface area (Å²) in [6, 6.07) is 7.29. The van der Waals surface area contributed by atoms with Gasteiger partial charge in [0.1, 0.15) is 12.7 Å². The highest BCUT2D eigenvalue weighted by molar-refractivity contribution is 5.40. The largest absolute Gasteiger partial charge is 0.486 e. The summed E-state index contributed by atoms with van der Waals surface area (Å²) in [5.74, 6) is 1.50. The van der Waals surface area contributed by atoms with Gasteiger partial charge in [-0.3, -0.25) is 4.90 Å². The topological polar surface area (TPSA) is 62.2 Å². The third-order valence-corrected chi connectivity index (χ3v) is 3.10. The summed E-state index contributed by atoms with van der Waals surface area (Å²) in [5.41, 5.74) is 0. The zero-order chi connectivity index (χ0) is 13.0. The molecule has 2 rings (SSSR count). The van der Waals surface area contributed by atoms with Crippen molar-refractivity contribution in [3.63, 3.8) is 0 Å². The first kappa shape index (κ1) is 13.1. The maximum Gasteiger partial charge on any atom is 0.161 e. The van der Waals surface area contributed by atoms with Crippen LogP contribution in [0, 0.1) is 0 Å². The normalized spacial score (nSPS) is 18.4. The standard InChI is InChI=1S/C13H19NO4/c1-14(10(7-15)8-16)6-11-9-17-12-4-2-3-5-13(12)18-11/h2-5,10-11,15-16H,6-9H2,1H3. The Labute approximate surface area is 107 Å². The second kappa shape index (κ2) is 6.04. The number of hydrogen-bond acceptors (Lipinski definition) is 5. The minimum absolute atomic E-state index is 0.0723. The number of fused-ring (bicyclic) bond motifs is 1. The molecule has 1 heterocycles. The van der Waals surface area contributed by atoms with Gasteiger partial charge < -0.3 is 19.7 Å². The van der Waals surface area contributed by atoms with Gasteiger partial charge in [0.15, 0.2) is 11.5 Å². The van der Waals surface area contributed by atoms with Gasteiger partial charge in [-0.2, -0.15) is 0 Å². The lowest BCUT2D eigenvalue weighted by Crippen LogP contribution is -2.46. The molecule has 1 aromatic rings. The predicted octanol–water partition coefficient (Wildman–Crippen LogP) is 0.111. The molecule has 0 radical (unpaired) electrons. The van der Waals surface area contributed by atoms with Crippen LogP contribution in [0.2, 0.25) is 0 Å². The monoisotopic (exact) mass is 253 g/mol. The fourth-order valence-corrected chi connectivity index (χ4v) is 1.96. The maximum atomic E-state index is 9.11. The zero-order valence-corrected chi connectivity index (χ0v) is 10.5. The third kappa shape index (κ3) is 2.93. The predicted molar refractivity (Wildman–Crippen MR) is 66.9 cm³/mol. The van der Waals surface area contributed by atoms with Gasteiger partial charge in [0.05, 0.1) is 19.3 Å². The Morgan fingerprint density at radius 3 is 2.61 bits per heavy atom. The van der Waals surface area contributed by atoms with Crippen LogP contribution in [-0.2, 0) is 0 Å². The molecular weight excluding hydrogens is 234 g/mol. The van der Waals surface area contributed by atoms with Gasteiger partial charge in [0.25, 0.3) is 0 Å². The van der Waals surface area contributed by atoms with Crippen LogP contribution in [0.4, 0.5) is 0 Å². The van der Waals surface area contributed by atoms with E-state index in [0.717, 1.165) is 11.5 Å². The highest BCUT2D eigenvalue weighted by Crippen LogP contribution is 2.30. The van der Waals surface area contributed by atoms with E-state index in [9.17, 15) is 0 Å². The lowest BCUT2D eigenvalue weighted by atomic mass is 10.2. The highest BCUT2D eigenvalue weighted by Gasteiger charge is 2.24. The molecule has 0 fully saturated rings. The molecular formula is C13H19NO4. The smallest absolute Gasteiger partial charge is 0.161 e. The van der Waals surface area contributed by atoms with Crippen molar-refractivity contribution in [3.05, 3.63) is 24.3 Å². The van der Waals surface area contributed by atoms with Crippen molar-refractivity contribution in [3.8, 4) is 11.5 Å². The van der Waals surface area contributed by atoms with Crippen molar-refractivity contribution < 1.29 is 19.7 Å². The number of likely N-dealkylation sites (N-methyl/N-ethyl adjacent to an activating group) is 1. The summed E-state index contributed by atoms with van der Waals surface area (Å²) < 4.78 is 11.4. The summed E-state index contributed by atoms with van der Waals surface area (Å²) in [6.45, 7) is 0.930. The van der Waals surface area contributed by atoms with Crippen LogP contribution in [0.5, 0.6) is 11.5 Å². The number of aliphatic hydroxyl groups excluding tert-OH is 2. The molecule has 0 aliphatic carbocycles. The van der Waals surface area contributed by atoms with E-state index in [1.807, 2.05) is 36.2 Å². The van der Waals surface area contributed by atoms with Crippen molar-refractivity contribution in [1.29, 1.82) is 0 Å². The molecule has 0 bridgehead atoms. The summed E-state index contributed by atoms with van der Waals surface area (Å²) in [6.07, 6.45) is -0.0921. The van der Waals surface area contributed by atoms with Gasteiger partial charge in [0, 0.05) is 6.54 Å². The number of aliphatic hydroxyl groups is 2. The number of benzene rings is 1. The molecule has 2 N–H and O–H groups in total. The summed E-state index contributed by atoms with van der Waals surface area (Å²) in [4.78, 5) is 1.88. The van der Waals surface area contributed by atoms with Gasteiger partial charge in [-0.15, -0.1) is 0 Å². The van der Waals surface area contributed by atoms with E-state index in [1.54, 1.807) is 0 Å². The van der Waals surface area contributed by atoms with E-state index in [1.165, 1.54) is 0 Å². The van der Waals surface area contributed by atoms with Gasteiger partial charge >= 0.3 is 0 Å². The Bertz CT molecular complexity index is 381. The van der Waals surface area contributed by atoms with Crippen molar-refractivity contribution >= 4 is 0 Å². The van der Waals surface area contributed by atoms with Crippen LogP contribution < -0.4 is 9.47 Å². The molecule has 18 heavy (non-hydrogen) atoms. The average molecular weight is 253 g/mol. The lowest BCUT2D eigenvalue weighted by molar-refractivity contribution is 0.0292. The lowest BCUT2D eigenvalue weighted by Gasteiger charge is -2.32. The number of ether oxygens (including phenoxy) is 2. The second-order valence-electron chi connectivity index (χ2n) is 4.46. The molecule has 5 heteroatoms. The van der Waals surface area contributed by atoms with E-state index < -0.39 is 0 Å². The van der Waals surface area contributed by atoms with E-state index in [2.05, 4.69) is 0 Å². The van der Waals surface area contributed by atoms with Crippen LogP contribution in [0.15, 0.2) is 24.3 Å². The number of hydrogen-bond donors (Lipinski definition) is 2. The second-order valence-corrected chi connectivity index (χ2v) is 4.46. The van der Waals surface area contributed by atoms with Crippen LogP contribution in [0.3, 0.4) is 0 Å². The summed E-state index contributed by atoms with van der Waals surface area (Å²) in [5, 5.41) is 18.2. The van der Waals surface area contributed by atoms with Crippen LogP contribution >= 0.6 is 0 Å². The maximum absolute atomic E-state index is 9.11. The third-order valence-electron chi connectivity index (χ3n) is 3.10. The minimum Gasteiger partial charge on any atom is -0.486 e. The molecule has 1 unspecified atom stereocenters. The molecule has 0 amide bonds. The Balaban J connectivity index is 1.93. The summed E-state index contributed by atoms with van der Waals surface area (Å²) in [7, 11) is 1.85. The molecule has 100 valence electrons. The first-order chi connectivity index (χ1) is 8.74. The van der Waals surface area contributed by atoms with Crippen molar-refractivity contribution in [2.45, 2.75) is 12.1 Å². The highest BCUT2D eigenvalue weighted by atomic mass is 16.6. The van der Waals surface area contributed by atoms with Crippen molar-refractivity contribution in [2.24, 2.45) is 0 Å². The van der Waals surface area contributed by atoms with E-state index in [0.29, 0.717) is 13.2 Å². The average Bonchev–Trinajstić information content (AvgIpc) is 2.40. The fourth-order valence-electron chi connectivity index (χ4n) is 1.96. The van der Waals surface area contributed by atoms with Gasteiger partial charge in [-0.25, -0.2) is 0 Å². The van der Waals surface area contributed by atoms with Crippen LogP contribution in [0.25, 0.3) is 0 Å². The van der Waals surface area contributed by atoms with Crippen molar-refractivity contribution in [1.82, 2.24) is 4.90 Å². The molecule has 5 nitrogen and oxygen atoms in total. The van der Waals surface area contributed by atoms with Gasteiger partial charge in [-0.05, 0) is 19.2 Å². The van der Waals surface area contributed by atoms with Gasteiger partial charge in [0.2, 0.25) is 0 Å². The van der Waals surface area contributed by atoms with Crippen LogP contribution in [-0.4, -0.2) is 60.7 Å². The van der Waals surface area contributed by atoms with E-state index in [-0.39, 0.29) is 25.4 Å². The molecule has 0 spiro atoms. The Hall–Kier alpha value is -1.30. The van der Waals surface area contributed by atoms with E-state index >= 15 is 0 Å². The fraction of sp³-hybridized carbons (Fsp3) is 0.538. The molecule has 1 atom stereocenters. The molecule has 0 saturated carbocycles. The Morgan fingerprint density at radius 2 is 1.94 bits per heavy atom. The molecule has 0 aromatic heterocycles. The quantitative estimate of drug-likeness (QED) is 0.780. The minimum atomic E-state index is -0.259. The van der Waals surface area contributed by atoms with Crippen LogP contribution in [0.1, 0.15) is 0 Å². The Morgan fingerprint density at radius 1 is 1.28 bits per heavy atom. The Kier molecular flexibility index (Phi) is 4.41. The molecule has 0 saturated heterocycles. The number of nitrogens with zero attached hydrogens (tertiary/aromatic N) is 1. The zero-order valence-electron chi connectivity index (χ0n) is 10.5. The molecule has 1 aliphatic heterocycles. The number of rotatable bonds is 5. The number of para-hydroxylation sites is 2. The molecule has 1 aliphatic rings. The molecule has 1 aromatic carbocycles. The van der Waals surface area contributed by atoms with E-state index in [4.69, 9.17) is 19.7 Å². The van der Waals surface area contributed by atoms with Crippen molar-refractivity contribution in [2.75, 3.05) is 33.4 Å². The first-order valence-electron chi connectivity index (χ1n) is 6.05. The van der Waals surface area contributed by atoms with Gasteiger partial charge in [-0.1, -0.05) is 12.1 Å². The first-order valence-corrected chi connectivity index (χ1v) is 6.05. The SMILES string of the molecule is CN(CC1COc2ccccc2O1)C(CO)CO. The summed E-state index contributed by atoms with van der Waals surface area (Å²) >= 11 is 0.